The average Bonchev–Trinajstić information content (AvgIpc) is 2.82. The van der Waals surface area contributed by atoms with Gasteiger partial charge in [0.15, 0.2) is 0 Å². The number of hydrazine groups is 2. The van der Waals surface area contributed by atoms with Crippen molar-refractivity contribution in [1.29, 1.82) is 0 Å². The van der Waals surface area contributed by atoms with Gasteiger partial charge in [-0.25, -0.2) is 16.0 Å². The van der Waals surface area contributed by atoms with Gasteiger partial charge >= 0.3 is 0 Å². The molecule has 198 valence electrons. The van der Waals surface area contributed by atoms with Gasteiger partial charge in [0.2, 0.25) is 0 Å². The van der Waals surface area contributed by atoms with E-state index in [-0.39, 0.29) is 11.8 Å². The van der Waals surface area contributed by atoms with Crippen LogP contribution in [0.15, 0.2) is 0 Å². The van der Waals surface area contributed by atoms with Crippen LogP contribution in [0.2, 0.25) is 0 Å². The van der Waals surface area contributed by atoms with E-state index in [2.05, 4.69) is 38.5 Å². The fourth-order valence-electron chi connectivity index (χ4n) is 4.45. The number of carbonyl (C=O) groups excluding carboxylic acids is 1. The molecule has 0 spiro atoms. The number of unbranched alkanes of at least 4 members (excludes halogenated alkanes) is 15. The van der Waals surface area contributed by atoms with Crippen LogP contribution >= 0.6 is 0 Å². The minimum Gasteiger partial charge on any atom is -0.272 e. The number of rotatable bonds is 26. The fourth-order valence-corrected chi connectivity index (χ4v) is 4.45. The van der Waals surface area contributed by atoms with E-state index in [0.29, 0.717) is 0 Å². The summed E-state index contributed by atoms with van der Waals surface area (Å²) >= 11 is 0. The molecule has 1 unspecified atom stereocenters. The minimum atomic E-state index is 0.149. The molecule has 0 saturated heterocycles. The van der Waals surface area contributed by atoms with Gasteiger partial charge in [-0.2, -0.15) is 0 Å². The van der Waals surface area contributed by atoms with E-state index in [1.165, 1.54) is 89.9 Å². The first-order valence-corrected chi connectivity index (χ1v) is 15.0. The van der Waals surface area contributed by atoms with E-state index in [1.807, 2.05) is 0 Å². The summed E-state index contributed by atoms with van der Waals surface area (Å²) in [6, 6.07) is 0. The van der Waals surface area contributed by atoms with Gasteiger partial charge in [0.05, 0.1) is 0 Å². The van der Waals surface area contributed by atoms with Crippen molar-refractivity contribution in [3.63, 3.8) is 0 Å². The predicted molar refractivity (Wildman–Crippen MR) is 146 cm³/mol. The highest BCUT2D eigenvalue weighted by Gasteiger charge is 2.23. The van der Waals surface area contributed by atoms with Gasteiger partial charge in [0.25, 0.3) is 5.91 Å². The molecule has 0 aliphatic carbocycles. The summed E-state index contributed by atoms with van der Waals surface area (Å²) in [5, 5.41) is 1.73. The lowest BCUT2D eigenvalue weighted by atomic mass is 9.95. The summed E-state index contributed by atoms with van der Waals surface area (Å²) in [6.45, 7) is 10.6. The van der Waals surface area contributed by atoms with Crippen LogP contribution in [0.3, 0.4) is 0 Å². The van der Waals surface area contributed by atoms with Gasteiger partial charge in [0.1, 0.15) is 0 Å². The maximum Gasteiger partial charge on any atom is 0.254 e. The quantitative estimate of drug-likeness (QED) is 0.0987. The molecule has 0 aromatic carbocycles. The first-order valence-electron chi connectivity index (χ1n) is 15.0. The number of hydrogen-bond donors (Lipinski definition) is 2. The van der Waals surface area contributed by atoms with Crippen LogP contribution in [0.4, 0.5) is 0 Å². The van der Waals surface area contributed by atoms with E-state index in [9.17, 15) is 4.79 Å². The SMILES string of the molecule is CCCCCCCCCCCCCCCCC(CCC)C(=O)N(NCCCC)NCCCC. The number of carbonyl (C=O) groups is 1. The molecule has 0 heterocycles. The van der Waals surface area contributed by atoms with E-state index in [1.54, 1.807) is 5.12 Å². The zero-order valence-corrected chi connectivity index (χ0v) is 23.2. The Labute approximate surface area is 208 Å². The van der Waals surface area contributed by atoms with E-state index in [4.69, 9.17) is 0 Å². The zero-order chi connectivity index (χ0) is 24.4. The van der Waals surface area contributed by atoms with Gasteiger partial charge in [-0.3, -0.25) is 4.79 Å². The molecular formula is C29H61N3O. The summed E-state index contributed by atoms with van der Waals surface area (Å²) in [5.74, 6) is 0.398. The summed E-state index contributed by atoms with van der Waals surface area (Å²) in [4.78, 5) is 13.2. The molecule has 33 heavy (non-hydrogen) atoms. The minimum absolute atomic E-state index is 0.149. The monoisotopic (exact) mass is 467 g/mol. The number of amides is 1. The van der Waals surface area contributed by atoms with Gasteiger partial charge in [-0.05, 0) is 25.7 Å². The largest absolute Gasteiger partial charge is 0.272 e. The summed E-state index contributed by atoms with van der Waals surface area (Å²) in [5.41, 5.74) is 6.69. The van der Waals surface area contributed by atoms with Crippen LogP contribution in [0.5, 0.6) is 0 Å². The third-order valence-corrected chi connectivity index (χ3v) is 6.71. The standard InChI is InChI=1S/C29H61N3O/c1-5-9-12-13-14-15-16-17-18-19-20-21-22-23-25-28(24-8-4)29(33)32(30-26-10-6-2)31-27-11-7-3/h28,30-31H,5-27H2,1-4H3. The second-order valence-corrected chi connectivity index (χ2v) is 10.1. The van der Waals surface area contributed by atoms with E-state index >= 15 is 0 Å². The summed E-state index contributed by atoms with van der Waals surface area (Å²) in [6.07, 6.45) is 26.9. The Bertz CT molecular complexity index is 392. The van der Waals surface area contributed by atoms with E-state index < -0.39 is 0 Å². The lowest BCUT2D eigenvalue weighted by molar-refractivity contribution is -0.143. The fraction of sp³-hybridized carbons (Fsp3) is 0.966. The van der Waals surface area contributed by atoms with Crippen molar-refractivity contribution in [2.45, 2.75) is 163 Å². The molecular weight excluding hydrogens is 406 g/mol. The molecule has 0 aromatic heterocycles. The second kappa shape index (κ2) is 26.0. The van der Waals surface area contributed by atoms with Crippen molar-refractivity contribution in [3.05, 3.63) is 0 Å². The Morgan fingerprint density at radius 2 is 0.909 bits per heavy atom. The second-order valence-electron chi connectivity index (χ2n) is 10.1. The molecule has 4 nitrogen and oxygen atoms in total. The molecule has 0 radical (unpaired) electrons. The molecule has 0 aliphatic rings. The third-order valence-electron chi connectivity index (χ3n) is 6.71. The zero-order valence-electron chi connectivity index (χ0n) is 23.2. The predicted octanol–water partition coefficient (Wildman–Crippen LogP) is 8.71. The lowest BCUT2D eigenvalue weighted by Crippen LogP contribution is -2.54. The van der Waals surface area contributed by atoms with Crippen molar-refractivity contribution in [2.75, 3.05) is 13.1 Å². The Morgan fingerprint density at radius 3 is 1.30 bits per heavy atom. The maximum absolute atomic E-state index is 13.2. The number of nitrogens with one attached hydrogen (secondary N) is 2. The third kappa shape index (κ3) is 20.5. The van der Waals surface area contributed by atoms with Crippen LogP contribution in [0.25, 0.3) is 0 Å². The number of hydrogen-bond acceptors (Lipinski definition) is 3. The van der Waals surface area contributed by atoms with Crippen LogP contribution in [-0.4, -0.2) is 24.1 Å². The van der Waals surface area contributed by atoms with Gasteiger partial charge < -0.3 is 0 Å². The van der Waals surface area contributed by atoms with Gasteiger partial charge in [-0.1, -0.05) is 137 Å². The Morgan fingerprint density at radius 1 is 0.515 bits per heavy atom. The van der Waals surface area contributed by atoms with Crippen LogP contribution in [-0.2, 0) is 4.79 Å². The molecule has 1 atom stereocenters. The summed E-state index contributed by atoms with van der Waals surface area (Å²) < 4.78 is 0. The highest BCUT2D eigenvalue weighted by Crippen LogP contribution is 2.19. The normalized spacial score (nSPS) is 12.2. The van der Waals surface area contributed by atoms with Crippen molar-refractivity contribution in [3.8, 4) is 0 Å². The summed E-state index contributed by atoms with van der Waals surface area (Å²) in [7, 11) is 0. The molecule has 0 aromatic rings. The Kier molecular flexibility index (Phi) is 25.5. The van der Waals surface area contributed by atoms with E-state index in [0.717, 1.165) is 58.0 Å². The lowest BCUT2D eigenvalue weighted by Gasteiger charge is -2.28. The highest BCUT2D eigenvalue weighted by atomic mass is 16.2. The van der Waals surface area contributed by atoms with Gasteiger partial charge in [-0.15, -0.1) is 0 Å². The first-order chi connectivity index (χ1) is 16.2. The maximum atomic E-state index is 13.2. The molecule has 1 amide bonds. The Balaban J connectivity index is 3.99. The van der Waals surface area contributed by atoms with Crippen LogP contribution in [0.1, 0.15) is 163 Å². The highest BCUT2D eigenvalue weighted by molar-refractivity contribution is 5.77. The van der Waals surface area contributed by atoms with Crippen molar-refractivity contribution in [2.24, 2.45) is 5.92 Å². The van der Waals surface area contributed by atoms with Crippen molar-refractivity contribution < 1.29 is 4.79 Å². The first kappa shape index (κ1) is 32.4. The molecule has 0 rings (SSSR count). The number of nitrogens with zero attached hydrogens (tertiary/aromatic N) is 1. The average molecular weight is 468 g/mol. The van der Waals surface area contributed by atoms with Crippen molar-refractivity contribution in [1.82, 2.24) is 16.0 Å². The Hall–Kier alpha value is -0.610. The molecule has 0 saturated carbocycles. The molecule has 4 heteroatoms. The topological polar surface area (TPSA) is 44.4 Å². The molecule has 0 aliphatic heterocycles. The smallest absolute Gasteiger partial charge is 0.254 e. The molecule has 0 bridgehead atoms. The molecule has 2 N–H and O–H groups in total. The molecule has 0 fully saturated rings. The van der Waals surface area contributed by atoms with Crippen LogP contribution < -0.4 is 10.9 Å². The van der Waals surface area contributed by atoms with Crippen molar-refractivity contribution >= 4 is 5.91 Å². The van der Waals surface area contributed by atoms with Gasteiger partial charge in [0, 0.05) is 19.0 Å². The van der Waals surface area contributed by atoms with Crippen LogP contribution in [0, 0.1) is 5.92 Å².